The van der Waals surface area contributed by atoms with Gasteiger partial charge >= 0.3 is 6.03 Å². The molecule has 1 aromatic rings. The van der Waals surface area contributed by atoms with Gasteiger partial charge in [-0.15, -0.1) is 0 Å². The molecule has 1 aromatic carbocycles. The van der Waals surface area contributed by atoms with E-state index in [9.17, 15) is 9.59 Å². The fraction of sp³-hybridized carbons (Fsp3) is 0.579. The van der Waals surface area contributed by atoms with Crippen LogP contribution in [0.1, 0.15) is 31.2 Å². The maximum atomic E-state index is 12.5. The minimum absolute atomic E-state index is 0.0857. The number of rotatable bonds is 6. The number of ether oxygens (including phenoxy) is 2. The molecule has 2 aliphatic rings. The molecule has 1 aliphatic carbocycles. The minimum Gasteiger partial charge on any atom is -0.497 e. The average molecular weight is 361 g/mol. The first-order chi connectivity index (χ1) is 12.6. The smallest absolute Gasteiger partial charge is 0.317 e. The van der Waals surface area contributed by atoms with Crippen molar-refractivity contribution in [1.82, 2.24) is 15.5 Å². The Bertz CT molecular complexity index is 638. The molecule has 7 nitrogen and oxygen atoms in total. The summed E-state index contributed by atoms with van der Waals surface area (Å²) in [5.74, 6) is 1.35. The van der Waals surface area contributed by atoms with Gasteiger partial charge in [0.25, 0.3) is 0 Å². The number of urea groups is 1. The van der Waals surface area contributed by atoms with Crippen molar-refractivity contribution in [3.8, 4) is 11.5 Å². The second kappa shape index (κ2) is 8.29. The zero-order valence-corrected chi connectivity index (χ0v) is 15.4. The van der Waals surface area contributed by atoms with Crippen LogP contribution < -0.4 is 20.1 Å². The van der Waals surface area contributed by atoms with Crippen molar-refractivity contribution in [1.29, 1.82) is 0 Å². The molecule has 3 rings (SSSR count). The molecule has 1 saturated carbocycles. The monoisotopic (exact) mass is 361 g/mol. The van der Waals surface area contributed by atoms with Crippen LogP contribution >= 0.6 is 0 Å². The number of benzene rings is 1. The number of carbonyl (C=O) groups is 2. The van der Waals surface area contributed by atoms with Crippen molar-refractivity contribution in [3.63, 3.8) is 0 Å². The molecule has 1 aliphatic heterocycles. The van der Waals surface area contributed by atoms with Crippen molar-refractivity contribution in [2.24, 2.45) is 5.92 Å². The molecule has 1 unspecified atom stereocenters. The fourth-order valence-electron chi connectivity index (χ4n) is 3.18. The van der Waals surface area contributed by atoms with E-state index < -0.39 is 0 Å². The van der Waals surface area contributed by atoms with E-state index in [0.717, 1.165) is 31.2 Å². The van der Waals surface area contributed by atoms with Gasteiger partial charge in [-0.1, -0.05) is 0 Å². The van der Waals surface area contributed by atoms with E-state index >= 15 is 0 Å². The third-order valence-electron chi connectivity index (χ3n) is 4.86. The van der Waals surface area contributed by atoms with Gasteiger partial charge in [0.15, 0.2) is 0 Å². The van der Waals surface area contributed by atoms with Crippen molar-refractivity contribution in [3.05, 3.63) is 23.8 Å². The Morgan fingerprint density at radius 2 is 1.81 bits per heavy atom. The molecular formula is C19H27N3O4. The summed E-state index contributed by atoms with van der Waals surface area (Å²) < 4.78 is 10.5. The van der Waals surface area contributed by atoms with E-state index in [1.54, 1.807) is 25.2 Å². The number of amides is 3. The van der Waals surface area contributed by atoms with Crippen LogP contribution in [-0.4, -0.2) is 50.2 Å². The lowest BCUT2D eigenvalue weighted by Crippen LogP contribution is -2.49. The number of likely N-dealkylation sites (tertiary alicyclic amines) is 1. The van der Waals surface area contributed by atoms with E-state index in [1.807, 2.05) is 12.1 Å². The van der Waals surface area contributed by atoms with Crippen LogP contribution in [0.5, 0.6) is 11.5 Å². The third-order valence-corrected chi connectivity index (χ3v) is 4.86. The number of methoxy groups -OCH3 is 2. The van der Waals surface area contributed by atoms with Gasteiger partial charge in [0.1, 0.15) is 11.5 Å². The predicted octanol–water partition coefficient (Wildman–Crippen LogP) is 1.90. The molecule has 7 heteroatoms. The van der Waals surface area contributed by atoms with E-state index in [-0.39, 0.29) is 17.9 Å². The highest BCUT2D eigenvalue weighted by Crippen LogP contribution is 2.23. The number of hydrogen-bond donors (Lipinski definition) is 2. The summed E-state index contributed by atoms with van der Waals surface area (Å²) in [5, 5.41) is 5.97. The average Bonchev–Trinajstić information content (AvgIpc) is 3.49. The highest BCUT2D eigenvalue weighted by Gasteiger charge is 2.31. The number of nitrogens with zero attached hydrogens (tertiary/aromatic N) is 1. The van der Waals surface area contributed by atoms with Crippen LogP contribution in [0.25, 0.3) is 0 Å². The second-order valence-corrected chi connectivity index (χ2v) is 6.95. The van der Waals surface area contributed by atoms with Gasteiger partial charge in [0.2, 0.25) is 5.91 Å². The molecule has 1 heterocycles. The van der Waals surface area contributed by atoms with Gasteiger partial charge in [-0.05, 0) is 43.4 Å². The third kappa shape index (κ3) is 4.80. The van der Waals surface area contributed by atoms with Crippen molar-refractivity contribution in [2.45, 2.75) is 38.3 Å². The van der Waals surface area contributed by atoms with Crippen molar-refractivity contribution < 1.29 is 19.1 Å². The molecule has 1 atom stereocenters. The maximum absolute atomic E-state index is 12.5. The molecule has 0 bridgehead atoms. The van der Waals surface area contributed by atoms with Crippen LogP contribution in [0.15, 0.2) is 18.2 Å². The lowest BCUT2D eigenvalue weighted by atomic mass is 9.97. The van der Waals surface area contributed by atoms with Crippen LogP contribution in [0.2, 0.25) is 0 Å². The first-order valence-electron chi connectivity index (χ1n) is 9.14. The fourth-order valence-corrected chi connectivity index (χ4v) is 3.18. The lowest BCUT2D eigenvalue weighted by Gasteiger charge is -2.32. The standard InChI is InChI=1S/C19H27N3O4/c1-25-16-8-13(9-17(10-16)26-2)11-20-19(24)22-7-3-4-14(12-22)18(23)21-15-5-6-15/h8-10,14-15H,3-7,11-12H2,1-2H3,(H,20,24)(H,21,23). The molecule has 0 aromatic heterocycles. The molecule has 2 N–H and O–H groups in total. The Hall–Kier alpha value is -2.44. The second-order valence-electron chi connectivity index (χ2n) is 6.95. The first kappa shape index (κ1) is 18.4. The van der Waals surface area contributed by atoms with Crippen LogP contribution in [0, 0.1) is 5.92 Å². The van der Waals surface area contributed by atoms with Crippen molar-refractivity contribution >= 4 is 11.9 Å². The predicted molar refractivity (Wildman–Crippen MR) is 97.2 cm³/mol. The van der Waals surface area contributed by atoms with Gasteiger partial charge in [0, 0.05) is 31.7 Å². The van der Waals surface area contributed by atoms with Gasteiger partial charge in [-0.2, -0.15) is 0 Å². The number of piperidine rings is 1. The van der Waals surface area contributed by atoms with Crippen LogP contribution in [-0.2, 0) is 11.3 Å². The largest absolute Gasteiger partial charge is 0.497 e. The van der Waals surface area contributed by atoms with Gasteiger partial charge in [-0.25, -0.2) is 4.79 Å². The number of nitrogens with one attached hydrogen (secondary N) is 2. The van der Waals surface area contributed by atoms with Crippen LogP contribution in [0.4, 0.5) is 4.79 Å². The quantitative estimate of drug-likeness (QED) is 0.811. The zero-order valence-electron chi connectivity index (χ0n) is 15.4. The molecule has 0 radical (unpaired) electrons. The summed E-state index contributed by atoms with van der Waals surface area (Å²) >= 11 is 0. The Morgan fingerprint density at radius 1 is 1.12 bits per heavy atom. The first-order valence-corrected chi connectivity index (χ1v) is 9.14. The number of carbonyl (C=O) groups excluding carboxylic acids is 2. The topological polar surface area (TPSA) is 79.9 Å². The van der Waals surface area contributed by atoms with Gasteiger partial charge < -0.3 is 25.0 Å². The lowest BCUT2D eigenvalue weighted by molar-refractivity contribution is -0.126. The summed E-state index contributed by atoms with van der Waals surface area (Å²) in [6.07, 6.45) is 3.85. The molecule has 26 heavy (non-hydrogen) atoms. The highest BCUT2D eigenvalue weighted by molar-refractivity contribution is 5.81. The molecular weight excluding hydrogens is 334 g/mol. The zero-order chi connectivity index (χ0) is 18.5. The Morgan fingerprint density at radius 3 is 2.42 bits per heavy atom. The summed E-state index contributed by atoms with van der Waals surface area (Å²) in [6, 6.07) is 5.74. The Balaban J connectivity index is 1.53. The van der Waals surface area contributed by atoms with Gasteiger partial charge in [-0.3, -0.25) is 4.79 Å². The molecule has 2 fully saturated rings. The molecule has 142 valence electrons. The molecule has 3 amide bonds. The van der Waals surface area contributed by atoms with E-state index in [1.165, 1.54) is 0 Å². The Kier molecular flexibility index (Phi) is 5.85. The van der Waals surface area contributed by atoms with Crippen LogP contribution in [0.3, 0.4) is 0 Å². The minimum atomic E-state index is -0.143. The highest BCUT2D eigenvalue weighted by atomic mass is 16.5. The maximum Gasteiger partial charge on any atom is 0.317 e. The van der Waals surface area contributed by atoms with E-state index in [2.05, 4.69) is 10.6 Å². The summed E-state index contributed by atoms with van der Waals surface area (Å²) in [7, 11) is 3.19. The normalized spacial score (nSPS) is 19.6. The van der Waals surface area contributed by atoms with Gasteiger partial charge in [0.05, 0.1) is 20.1 Å². The van der Waals surface area contributed by atoms with E-state index in [4.69, 9.17) is 9.47 Å². The SMILES string of the molecule is COc1cc(CNC(=O)N2CCCC(C(=O)NC3CC3)C2)cc(OC)c1. The summed E-state index contributed by atoms with van der Waals surface area (Å²) in [4.78, 5) is 26.5. The Labute approximate surface area is 154 Å². The summed E-state index contributed by atoms with van der Waals surface area (Å²) in [6.45, 7) is 1.54. The molecule has 0 spiro atoms. The van der Waals surface area contributed by atoms with Crippen molar-refractivity contribution in [2.75, 3.05) is 27.3 Å². The number of hydrogen-bond acceptors (Lipinski definition) is 4. The molecule has 1 saturated heterocycles. The summed E-state index contributed by atoms with van der Waals surface area (Å²) in [5.41, 5.74) is 0.898. The van der Waals surface area contributed by atoms with E-state index in [0.29, 0.717) is 37.2 Å².